The van der Waals surface area contributed by atoms with Crippen molar-refractivity contribution < 1.29 is 4.79 Å². The maximum absolute atomic E-state index is 11.2. The minimum atomic E-state index is 0.0399. The van der Waals surface area contributed by atoms with Crippen LogP contribution >= 0.6 is 15.9 Å². The molecule has 0 aromatic heterocycles. The van der Waals surface area contributed by atoms with Crippen LogP contribution in [0.2, 0.25) is 0 Å². The van der Waals surface area contributed by atoms with E-state index in [1.807, 2.05) is 24.1 Å². The molecule has 1 rings (SSSR count). The standard InChI is InChI=1S/C12H13BrN2O/c1-9(16)11-5-4-10(8-12(11)13)15(2)7-3-6-14/h4-5,8H,3,7H2,1-2H3. The fourth-order valence-corrected chi connectivity index (χ4v) is 2.02. The van der Waals surface area contributed by atoms with Gasteiger partial charge in [0.2, 0.25) is 0 Å². The highest BCUT2D eigenvalue weighted by Gasteiger charge is 2.07. The topological polar surface area (TPSA) is 44.1 Å². The van der Waals surface area contributed by atoms with Crippen molar-refractivity contribution in [2.45, 2.75) is 13.3 Å². The predicted octanol–water partition coefficient (Wildman–Crippen LogP) is 3.00. The molecule has 0 aliphatic rings. The van der Waals surface area contributed by atoms with E-state index in [1.54, 1.807) is 13.0 Å². The molecular formula is C12H13BrN2O. The molecule has 0 saturated heterocycles. The molecule has 0 spiro atoms. The maximum atomic E-state index is 11.2. The number of hydrogen-bond donors (Lipinski definition) is 0. The van der Waals surface area contributed by atoms with E-state index in [0.29, 0.717) is 18.5 Å². The van der Waals surface area contributed by atoms with Gasteiger partial charge in [0.15, 0.2) is 5.78 Å². The maximum Gasteiger partial charge on any atom is 0.160 e. The Labute approximate surface area is 104 Å². The van der Waals surface area contributed by atoms with Gasteiger partial charge in [-0.05, 0) is 41.1 Å². The monoisotopic (exact) mass is 280 g/mol. The first kappa shape index (κ1) is 12.7. The molecule has 0 aliphatic carbocycles. The Bertz CT molecular complexity index is 437. The number of anilines is 1. The molecule has 0 bridgehead atoms. The lowest BCUT2D eigenvalue weighted by molar-refractivity contribution is 0.101. The number of rotatable bonds is 4. The van der Waals surface area contributed by atoms with Crippen LogP contribution < -0.4 is 4.90 Å². The van der Waals surface area contributed by atoms with Crippen LogP contribution in [-0.2, 0) is 0 Å². The van der Waals surface area contributed by atoms with Crippen molar-refractivity contribution >= 4 is 27.4 Å². The third kappa shape index (κ3) is 3.07. The van der Waals surface area contributed by atoms with E-state index in [1.165, 1.54) is 0 Å². The zero-order chi connectivity index (χ0) is 12.1. The van der Waals surface area contributed by atoms with E-state index < -0.39 is 0 Å². The van der Waals surface area contributed by atoms with Crippen molar-refractivity contribution in [1.82, 2.24) is 0 Å². The molecule has 84 valence electrons. The number of Topliss-reactive ketones (excluding diaryl/α,β-unsaturated/α-hetero) is 1. The average molecular weight is 281 g/mol. The predicted molar refractivity (Wildman–Crippen MR) is 67.6 cm³/mol. The van der Waals surface area contributed by atoms with Crippen molar-refractivity contribution in [2.75, 3.05) is 18.5 Å². The quantitative estimate of drug-likeness (QED) is 0.797. The van der Waals surface area contributed by atoms with Crippen molar-refractivity contribution in [2.24, 2.45) is 0 Å². The van der Waals surface area contributed by atoms with E-state index >= 15 is 0 Å². The van der Waals surface area contributed by atoms with Crippen LogP contribution in [0.5, 0.6) is 0 Å². The largest absolute Gasteiger partial charge is 0.374 e. The fraction of sp³-hybridized carbons (Fsp3) is 0.333. The lowest BCUT2D eigenvalue weighted by Gasteiger charge is -2.18. The second-order valence-electron chi connectivity index (χ2n) is 3.55. The molecule has 1 aromatic carbocycles. The smallest absolute Gasteiger partial charge is 0.160 e. The first-order chi connectivity index (χ1) is 7.56. The van der Waals surface area contributed by atoms with Crippen LogP contribution in [-0.4, -0.2) is 19.4 Å². The number of nitriles is 1. The number of carbonyl (C=O) groups is 1. The van der Waals surface area contributed by atoms with Gasteiger partial charge in [-0.2, -0.15) is 5.26 Å². The normalized spacial score (nSPS) is 9.62. The number of carbonyl (C=O) groups excluding carboxylic acids is 1. The molecular weight excluding hydrogens is 268 g/mol. The van der Waals surface area contributed by atoms with Crippen LogP contribution in [0.3, 0.4) is 0 Å². The summed E-state index contributed by atoms with van der Waals surface area (Å²) in [5.41, 5.74) is 1.67. The van der Waals surface area contributed by atoms with Crippen LogP contribution in [0.1, 0.15) is 23.7 Å². The Morgan fingerprint density at radius 3 is 2.75 bits per heavy atom. The molecule has 0 amide bonds. The molecule has 3 nitrogen and oxygen atoms in total. The fourth-order valence-electron chi connectivity index (χ4n) is 1.37. The van der Waals surface area contributed by atoms with Crippen molar-refractivity contribution in [1.29, 1.82) is 5.26 Å². The van der Waals surface area contributed by atoms with Gasteiger partial charge in [0.05, 0.1) is 12.5 Å². The van der Waals surface area contributed by atoms with Crippen LogP contribution in [0, 0.1) is 11.3 Å². The average Bonchev–Trinajstić information content (AvgIpc) is 2.25. The summed E-state index contributed by atoms with van der Waals surface area (Å²) >= 11 is 3.37. The van der Waals surface area contributed by atoms with Gasteiger partial charge in [-0.25, -0.2) is 0 Å². The van der Waals surface area contributed by atoms with E-state index in [4.69, 9.17) is 5.26 Å². The summed E-state index contributed by atoms with van der Waals surface area (Å²) in [5, 5.41) is 8.50. The van der Waals surface area contributed by atoms with E-state index in [2.05, 4.69) is 22.0 Å². The van der Waals surface area contributed by atoms with Gasteiger partial charge < -0.3 is 4.90 Å². The van der Waals surface area contributed by atoms with Crippen molar-refractivity contribution in [3.8, 4) is 6.07 Å². The van der Waals surface area contributed by atoms with Crippen molar-refractivity contribution in [3.05, 3.63) is 28.2 Å². The number of hydrogen-bond acceptors (Lipinski definition) is 3. The third-order valence-electron chi connectivity index (χ3n) is 2.33. The molecule has 0 aliphatic heterocycles. The van der Waals surface area contributed by atoms with Gasteiger partial charge >= 0.3 is 0 Å². The second kappa shape index (κ2) is 5.66. The zero-order valence-electron chi connectivity index (χ0n) is 9.33. The van der Waals surface area contributed by atoms with Gasteiger partial charge in [-0.3, -0.25) is 4.79 Å². The highest BCUT2D eigenvalue weighted by molar-refractivity contribution is 9.10. The molecule has 0 fully saturated rings. The minimum Gasteiger partial charge on any atom is -0.374 e. The van der Waals surface area contributed by atoms with E-state index in [0.717, 1.165) is 10.2 Å². The SMILES string of the molecule is CC(=O)c1ccc(N(C)CCC#N)cc1Br. The first-order valence-corrected chi connectivity index (χ1v) is 5.74. The first-order valence-electron chi connectivity index (χ1n) is 4.95. The Morgan fingerprint density at radius 2 is 2.25 bits per heavy atom. The summed E-state index contributed by atoms with van der Waals surface area (Å²) in [6.07, 6.45) is 0.489. The highest BCUT2D eigenvalue weighted by atomic mass is 79.9. The van der Waals surface area contributed by atoms with Gasteiger partial charge in [0.25, 0.3) is 0 Å². The van der Waals surface area contributed by atoms with Gasteiger partial charge in [0.1, 0.15) is 0 Å². The Kier molecular flexibility index (Phi) is 4.51. The molecule has 0 heterocycles. The zero-order valence-corrected chi connectivity index (χ0v) is 10.9. The van der Waals surface area contributed by atoms with Gasteiger partial charge in [-0.1, -0.05) is 0 Å². The van der Waals surface area contributed by atoms with E-state index in [9.17, 15) is 4.79 Å². The van der Waals surface area contributed by atoms with Crippen molar-refractivity contribution in [3.63, 3.8) is 0 Å². The number of ketones is 1. The lowest BCUT2D eigenvalue weighted by Crippen LogP contribution is -2.18. The summed E-state index contributed by atoms with van der Waals surface area (Å²) in [5.74, 6) is 0.0399. The molecule has 0 unspecified atom stereocenters. The summed E-state index contributed by atoms with van der Waals surface area (Å²) < 4.78 is 0.793. The number of benzene rings is 1. The third-order valence-corrected chi connectivity index (χ3v) is 2.99. The van der Waals surface area contributed by atoms with Crippen LogP contribution in [0.25, 0.3) is 0 Å². The van der Waals surface area contributed by atoms with Gasteiger partial charge in [-0.15, -0.1) is 0 Å². The lowest BCUT2D eigenvalue weighted by atomic mass is 10.1. The number of nitrogens with zero attached hydrogens (tertiary/aromatic N) is 2. The molecule has 0 atom stereocenters. The summed E-state index contributed by atoms with van der Waals surface area (Å²) in [4.78, 5) is 13.2. The summed E-state index contributed by atoms with van der Waals surface area (Å²) in [6.45, 7) is 2.22. The minimum absolute atomic E-state index is 0.0399. The molecule has 16 heavy (non-hydrogen) atoms. The van der Waals surface area contributed by atoms with Crippen LogP contribution in [0.4, 0.5) is 5.69 Å². The molecule has 0 radical (unpaired) electrons. The van der Waals surface area contributed by atoms with Crippen LogP contribution in [0.15, 0.2) is 22.7 Å². The molecule has 0 saturated carbocycles. The molecule has 1 aromatic rings. The summed E-state index contributed by atoms with van der Waals surface area (Å²) in [7, 11) is 1.92. The Morgan fingerprint density at radius 1 is 1.56 bits per heavy atom. The van der Waals surface area contributed by atoms with Gasteiger partial charge in [0, 0.05) is 29.3 Å². The number of halogens is 1. The Hall–Kier alpha value is -1.34. The second-order valence-corrected chi connectivity index (χ2v) is 4.40. The van der Waals surface area contributed by atoms with E-state index in [-0.39, 0.29) is 5.78 Å². The Balaban J connectivity index is 2.89. The molecule has 0 N–H and O–H groups in total. The summed E-state index contributed by atoms with van der Waals surface area (Å²) in [6, 6.07) is 7.69. The highest BCUT2D eigenvalue weighted by Crippen LogP contribution is 2.24. The molecule has 4 heteroatoms.